The van der Waals surface area contributed by atoms with Gasteiger partial charge in [0.25, 0.3) is 0 Å². The van der Waals surface area contributed by atoms with Gasteiger partial charge in [0, 0.05) is 39.7 Å². The van der Waals surface area contributed by atoms with E-state index in [-0.39, 0.29) is 24.0 Å². The zero-order valence-corrected chi connectivity index (χ0v) is 18.1. The summed E-state index contributed by atoms with van der Waals surface area (Å²) in [4.78, 5) is 18.2. The van der Waals surface area contributed by atoms with Crippen LogP contribution in [-0.2, 0) is 16.0 Å². The number of nitrogens with zero attached hydrogens (tertiary/aromatic N) is 2. The fraction of sp³-hybridized carbons (Fsp3) is 0.556. The Labute approximate surface area is 172 Å². The molecule has 1 aromatic carbocycles. The maximum Gasteiger partial charge on any atom is 0.341 e. The molecule has 7 nitrogen and oxygen atoms in total. The zero-order valence-electron chi connectivity index (χ0n) is 15.8. The lowest BCUT2D eigenvalue weighted by Gasteiger charge is -2.24. The number of hydrogen-bond acceptors (Lipinski definition) is 5. The number of benzene rings is 1. The van der Waals surface area contributed by atoms with E-state index in [0.717, 1.165) is 37.7 Å². The Hall–Kier alpha value is -1.55. The molecule has 1 saturated heterocycles. The van der Waals surface area contributed by atoms with Crippen LogP contribution in [0, 0.1) is 5.92 Å². The van der Waals surface area contributed by atoms with Gasteiger partial charge < -0.3 is 24.4 Å². The SMILES string of the molecule is CN=C(NCc1ccc(C(=O)OC)c(OC)c1)N(C)CC1CCOC1.I. The summed E-state index contributed by atoms with van der Waals surface area (Å²) >= 11 is 0. The lowest BCUT2D eigenvalue weighted by molar-refractivity contribution is 0.0597. The maximum absolute atomic E-state index is 11.7. The average Bonchev–Trinajstić information content (AvgIpc) is 3.14. The van der Waals surface area contributed by atoms with E-state index in [4.69, 9.17) is 14.2 Å². The Bertz CT molecular complexity index is 618. The van der Waals surface area contributed by atoms with Gasteiger partial charge in [0.1, 0.15) is 11.3 Å². The second-order valence-corrected chi connectivity index (χ2v) is 6.04. The minimum Gasteiger partial charge on any atom is -0.496 e. The third kappa shape index (κ3) is 6.01. The summed E-state index contributed by atoms with van der Waals surface area (Å²) < 4.78 is 15.5. The number of methoxy groups -OCH3 is 2. The Morgan fingerprint density at radius 3 is 2.77 bits per heavy atom. The van der Waals surface area contributed by atoms with E-state index in [1.807, 2.05) is 19.2 Å². The Balaban J connectivity index is 0.00000338. The quantitative estimate of drug-likeness (QED) is 0.293. The maximum atomic E-state index is 11.7. The number of hydrogen-bond donors (Lipinski definition) is 1. The van der Waals surface area contributed by atoms with Gasteiger partial charge in [-0.05, 0) is 24.1 Å². The van der Waals surface area contributed by atoms with Crippen molar-refractivity contribution < 1.29 is 19.0 Å². The first-order valence-electron chi connectivity index (χ1n) is 8.33. The largest absolute Gasteiger partial charge is 0.496 e. The van der Waals surface area contributed by atoms with E-state index in [0.29, 0.717) is 23.8 Å². The molecular weight excluding hydrogens is 449 g/mol. The lowest BCUT2D eigenvalue weighted by atomic mass is 10.1. The molecule has 1 N–H and O–H groups in total. The highest BCUT2D eigenvalue weighted by atomic mass is 127. The number of aliphatic imine (C=N–C) groups is 1. The third-order valence-corrected chi connectivity index (χ3v) is 4.25. The normalized spacial score (nSPS) is 16.6. The minimum absolute atomic E-state index is 0. The molecule has 1 heterocycles. The molecule has 0 saturated carbocycles. The van der Waals surface area contributed by atoms with Crippen molar-refractivity contribution in [1.29, 1.82) is 0 Å². The predicted molar refractivity (Wildman–Crippen MR) is 112 cm³/mol. The molecule has 146 valence electrons. The van der Waals surface area contributed by atoms with Crippen LogP contribution in [0.4, 0.5) is 0 Å². The number of guanidine groups is 1. The van der Waals surface area contributed by atoms with Crippen molar-refractivity contribution >= 4 is 35.9 Å². The number of carbonyl (C=O) groups is 1. The standard InChI is InChI=1S/C18H27N3O4.HI/c1-19-18(21(2)11-14-7-8-25-12-14)20-10-13-5-6-15(17(22)24-4)16(9-13)23-3;/h5-6,9,14H,7-8,10-12H2,1-4H3,(H,19,20);1H. The van der Waals surface area contributed by atoms with Gasteiger partial charge in [-0.15, -0.1) is 24.0 Å². The van der Waals surface area contributed by atoms with Gasteiger partial charge >= 0.3 is 5.97 Å². The number of carbonyl (C=O) groups excluding carboxylic acids is 1. The second-order valence-electron chi connectivity index (χ2n) is 6.04. The molecule has 0 bridgehead atoms. The van der Waals surface area contributed by atoms with Crippen molar-refractivity contribution in [1.82, 2.24) is 10.2 Å². The number of ether oxygens (including phenoxy) is 3. The van der Waals surface area contributed by atoms with Crippen molar-refractivity contribution in [2.75, 3.05) is 48.1 Å². The van der Waals surface area contributed by atoms with E-state index in [9.17, 15) is 4.79 Å². The third-order valence-electron chi connectivity index (χ3n) is 4.25. The number of rotatable bonds is 6. The summed E-state index contributed by atoms with van der Waals surface area (Å²) in [6, 6.07) is 5.42. The van der Waals surface area contributed by atoms with Gasteiger partial charge in [0.2, 0.25) is 0 Å². The number of esters is 1. The van der Waals surface area contributed by atoms with Crippen molar-refractivity contribution in [3.05, 3.63) is 29.3 Å². The van der Waals surface area contributed by atoms with Gasteiger partial charge in [-0.25, -0.2) is 4.79 Å². The molecule has 1 atom stereocenters. The van der Waals surface area contributed by atoms with Crippen LogP contribution in [0.25, 0.3) is 0 Å². The first-order valence-corrected chi connectivity index (χ1v) is 8.33. The van der Waals surface area contributed by atoms with Crippen LogP contribution in [0.5, 0.6) is 5.75 Å². The van der Waals surface area contributed by atoms with Crippen LogP contribution in [0.1, 0.15) is 22.3 Å². The smallest absolute Gasteiger partial charge is 0.341 e. The molecule has 0 radical (unpaired) electrons. The van der Waals surface area contributed by atoms with Crippen molar-refractivity contribution in [2.24, 2.45) is 10.9 Å². The Morgan fingerprint density at radius 1 is 1.42 bits per heavy atom. The second kappa shape index (κ2) is 11.2. The Morgan fingerprint density at radius 2 is 2.19 bits per heavy atom. The molecule has 1 unspecified atom stereocenters. The molecule has 0 spiro atoms. The fourth-order valence-corrected chi connectivity index (χ4v) is 2.89. The molecular formula is C18H28IN3O4. The fourth-order valence-electron chi connectivity index (χ4n) is 2.89. The Kier molecular flexibility index (Phi) is 9.71. The highest BCUT2D eigenvalue weighted by Gasteiger charge is 2.19. The average molecular weight is 477 g/mol. The molecule has 2 rings (SSSR count). The van der Waals surface area contributed by atoms with Crippen molar-refractivity contribution in [2.45, 2.75) is 13.0 Å². The molecule has 26 heavy (non-hydrogen) atoms. The van der Waals surface area contributed by atoms with E-state index in [2.05, 4.69) is 15.2 Å². The van der Waals surface area contributed by atoms with Gasteiger partial charge in [0.05, 0.1) is 20.8 Å². The van der Waals surface area contributed by atoms with Crippen molar-refractivity contribution in [3.63, 3.8) is 0 Å². The molecule has 0 aromatic heterocycles. The van der Waals surface area contributed by atoms with Gasteiger partial charge in [-0.2, -0.15) is 0 Å². The first-order chi connectivity index (χ1) is 12.1. The molecule has 0 aliphatic carbocycles. The van der Waals surface area contributed by atoms with Gasteiger partial charge in [-0.1, -0.05) is 6.07 Å². The summed E-state index contributed by atoms with van der Waals surface area (Å²) in [7, 11) is 6.68. The van der Waals surface area contributed by atoms with Crippen LogP contribution >= 0.6 is 24.0 Å². The van der Waals surface area contributed by atoms with Gasteiger partial charge in [-0.3, -0.25) is 4.99 Å². The lowest BCUT2D eigenvalue weighted by Crippen LogP contribution is -2.41. The van der Waals surface area contributed by atoms with Crippen LogP contribution in [0.15, 0.2) is 23.2 Å². The summed E-state index contributed by atoms with van der Waals surface area (Å²) in [6.07, 6.45) is 1.09. The summed E-state index contributed by atoms with van der Waals surface area (Å²) in [5.74, 6) is 1.45. The van der Waals surface area contributed by atoms with E-state index < -0.39 is 5.97 Å². The summed E-state index contributed by atoms with van der Waals surface area (Å²) in [5.41, 5.74) is 1.40. The summed E-state index contributed by atoms with van der Waals surface area (Å²) in [6.45, 7) is 3.14. The molecule has 0 amide bonds. The molecule has 8 heteroatoms. The van der Waals surface area contributed by atoms with E-state index >= 15 is 0 Å². The first kappa shape index (κ1) is 22.5. The van der Waals surface area contributed by atoms with Gasteiger partial charge in [0.15, 0.2) is 5.96 Å². The summed E-state index contributed by atoms with van der Waals surface area (Å²) in [5, 5.41) is 3.34. The van der Waals surface area contributed by atoms with Crippen LogP contribution < -0.4 is 10.1 Å². The highest BCUT2D eigenvalue weighted by Crippen LogP contribution is 2.21. The number of nitrogens with one attached hydrogen (secondary N) is 1. The van der Waals surface area contributed by atoms with Crippen LogP contribution in [0.2, 0.25) is 0 Å². The molecule has 1 aliphatic heterocycles. The van der Waals surface area contributed by atoms with E-state index in [1.165, 1.54) is 14.2 Å². The van der Waals surface area contributed by atoms with Crippen LogP contribution in [0.3, 0.4) is 0 Å². The molecule has 1 fully saturated rings. The number of halogens is 1. The molecule has 1 aliphatic rings. The zero-order chi connectivity index (χ0) is 18.2. The molecule has 1 aromatic rings. The minimum atomic E-state index is -0.411. The predicted octanol–water partition coefficient (Wildman–Crippen LogP) is 2.14. The van der Waals surface area contributed by atoms with E-state index in [1.54, 1.807) is 13.1 Å². The highest BCUT2D eigenvalue weighted by molar-refractivity contribution is 14.0. The van der Waals surface area contributed by atoms with Crippen molar-refractivity contribution in [3.8, 4) is 5.75 Å². The monoisotopic (exact) mass is 477 g/mol. The van der Waals surface area contributed by atoms with Crippen LogP contribution in [-0.4, -0.2) is 64.9 Å². The topological polar surface area (TPSA) is 72.4 Å².